The Morgan fingerprint density at radius 1 is 0.897 bits per heavy atom. The Morgan fingerprint density at radius 2 is 1.48 bits per heavy atom. The normalized spacial score (nSPS) is 11.0. The summed E-state index contributed by atoms with van der Waals surface area (Å²) in [6, 6.07) is 17.4. The second kappa shape index (κ2) is 8.73. The number of carbonyl (C=O) groups excluding carboxylic acids is 1. The minimum atomic E-state index is -3.98. The molecule has 0 heterocycles. The second-order valence-corrected chi connectivity index (χ2v) is 8.35. The van der Waals surface area contributed by atoms with Crippen molar-refractivity contribution in [2.75, 3.05) is 17.1 Å². The van der Waals surface area contributed by atoms with Gasteiger partial charge in [-0.2, -0.15) is 0 Å². The molecule has 9 heteroatoms. The molecule has 0 aliphatic heterocycles. The molecule has 3 rings (SSSR count). The third kappa shape index (κ3) is 5.00. The van der Waals surface area contributed by atoms with Crippen LogP contribution in [-0.4, -0.2) is 21.4 Å². The number of carbonyl (C=O) groups is 1. The van der Waals surface area contributed by atoms with Gasteiger partial charge in [-0.1, -0.05) is 35.3 Å². The highest BCUT2D eigenvalue weighted by Crippen LogP contribution is 2.30. The quantitative estimate of drug-likeness (QED) is 0.549. The van der Waals surface area contributed by atoms with Crippen molar-refractivity contribution in [3.8, 4) is 5.75 Å². The molecule has 0 fully saturated rings. The van der Waals surface area contributed by atoms with Crippen LogP contribution in [0.25, 0.3) is 0 Å². The fourth-order valence-corrected chi connectivity index (χ4v) is 4.74. The molecule has 0 saturated heterocycles. The lowest BCUT2D eigenvalue weighted by Gasteiger charge is -2.12. The molecule has 3 aromatic rings. The predicted molar refractivity (Wildman–Crippen MR) is 115 cm³/mol. The van der Waals surface area contributed by atoms with E-state index < -0.39 is 10.0 Å². The van der Waals surface area contributed by atoms with Gasteiger partial charge in [-0.25, -0.2) is 8.42 Å². The average Bonchev–Trinajstić information content (AvgIpc) is 2.69. The number of rotatable bonds is 6. The molecule has 150 valence electrons. The van der Waals surface area contributed by atoms with E-state index in [0.717, 1.165) is 0 Å². The number of methoxy groups -OCH3 is 1. The van der Waals surface area contributed by atoms with E-state index in [2.05, 4.69) is 10.0 Å². The van der Waals surface area contributed by atoms with Gasteiger partial charge in [0.05, 0.1) is 17.2 Å². The Labute approximate surface area is 178 Å². The maximum Gasteiger partial charge on any atom is 0.264 e. The highest BCUT2D eigenvalue weighted by molar-refractivity contribution is 7.93. The number of halogens is 2. The molecule has 6 nitrogen and oxygen atoms in total. The van der Waals surface area contributed by atoms with Gasteiger partial charge in [0.2, 0.25) is 0 Å². The van der Waals surface area contributed by atoms with E-state index in [1.807, 2.05) is 0 Å². The number of nitrogens with one attached hydrogen (secondary N) is 2. The van der Waals surface area contributed by atoms with Gasteiger partial charge in [-0.05, 0) is 54.6 Å². The first-order valence-corrected chi connectivity index (χ1v) is 10.6. The molecular formula is C20H16Cl2N2O4S. The van der Waals surface area contributed by atoms with Crippen molar-refractivity contribution >= 4 is 50.5 Å². The molecule has 0 atom stereocenters. The summed E-state index contributed by atoms with van der Waals surface area (Å²) in [6.07, 6.45) is 0. The molecule has 0 unspecified atom stereocenters. The maximum absolute atomic E-state index is 12.6. The van der Waals surface area contributed by atoms with Gasteiger partial charge >= 0.3 is 0 Å². The van der Waals surface area contributed by atoms with Gasteiger partial charge < -0.3 is 10.1 Å². The van der Waals surface area contributed by atoms with E-state index in [9.17, 15) is 13.2 Å². The minimum Gasteiger partial charge on any atom is -0.497 e. The van der Waals surface area contributed by atoms with Gasteiger partial charge in [-0.3, -0.25) is 9.52 Å². The first-order chi connectivity index (χ1) is 13.8. The van der Waals surface area contributed by atoms with Crippen molar-refractivity contribution in [2.24, 2.45) is 0 Å². The molecule has 0 aromatic heterocycles. The topological polar surface area (TPSA) is 84.5 Å². The average molecular weight is 451 g/mol. The van der Waals surface area contributed by atoms with Gasteiger partial charge in [0.25, 0.3) is 15.9 Å². The summed E-state index contributed by atoms with van der Waals surface area (Å²) in [4.78, 5) is 12.2. The maximum atomic E-state index is 12.6. The molecule has 0 radical (unpaired) electrons. The lowest BCUT2D eigenvalue weighted by atomic mass is 10.2. The summed E-state index contributed by atoms with van der Waals surface area (Å²) in [5.41, 5.74) is 1.22. The molecule has 0 aliphatic rings. The SMILES string of the molecule is COc1cccc(C(=O)Nc2ccc(NS(=O)(=O)c3c(Cl)cccc3Cl)cc2)c1. The monoisotopic (exact) mass is 450 g/mol. The van der Waals surface area contributed by atoms with Crippen LogP contribution in [0, 0.1) is 0 Å². The van der Waals surface area contributed by atoms with Crippen molar-refractivity contribution in [3.05, 3.63) is 82.3 Å². The van der Waals surface area contributed by atoms with Crippen LogP contribution in [0.4, 0.5) is 11.4 Å². The molecule has 0 saturated carbocycles. The molecule has 3 aromatic carbocycles. The first-order valence-electron chi connectivity index (χ1n) is 8.32. The van der Waals surface area contributed by atoms with Crippen LogP contribution in [0.2, 0.25) is 10.0 Å². The van der Waals surface area contributed by atoms with Crippen LogP contribution < -0.4 is 14.8 Å². The van der Waals surface area contributed by atoms with Crippen LogP contribution in [0.5, 0.6) is 5.75 Å². The molecule has 0 spiro atoms. The van der Waals surface area contributed by atoms with Crippen LogP contribution in [0.1, 0.15) is 10.4 Å². The number of benzene rings is 3. The van der Waals surface area contributed by atoms with E-state index in [1.54, 1.807) is 42.5 Å². The van der Waals surface area contributed by atoms with Gasteiger partial charge in [0.1, 0.15) is 10.6 Å². The molecule has 2 N–H and O–H groups in total. The zero-order valence-corrected chi connectivity index (χ0v) is 17.5. The van der Waals surface area contributed by atoms with Gasteiger partial charge in [0, 0.05) is 16.9 Å². The van der Waals surface area contributed by atoms with E-state index >= 15 is 0 Å². The van der Waals surface area contributed by atoms with Crippen molar-refractivity contribution < 1.29 is 17.9 Å². The van der Waals surface area contributed by atoms with Crippen molar-refractivity contribution in [3.63, 3.8) is 0 Å². The number of anilines is 2. The summed E-state index contributed by atoms with van der Waals surface area (Å²) < 4.78 is 32.7. The molecule has 0 bridgehead atoms. The largest absolute Gasteiger partial charge is 0.497 e. The van der Waals surface area contributed by atoms with E-state index in [-0.39, 0.29) is 20.8 Å². The van der Waals surface area contributed by atoms with Crippen LogP contribution in [-0.2, 0) is 10.0 Å². The third-order valence-electron chi connectivity index (χ3n) is 3.91. The Morgan fingerprint density at radius 3 is 2.10 bits per heavy atom. The Kier molecular flexibility index (Phi) is 6.32. The highest BCUT2D eigenvalue weighted by atomic mass is 35.5. The van der Waals surface area contributed by atoms with Crippen LogP contribution >= 0.6 is 23.2 Å². The number of amides is 1. The molecule has 29 heavy (non-hydrogen) atoms. The zero-order valence-electron chi connectivity index (χ0n) is 15.1. The highest BCUT2D eigenvalue weighted by Gasteiger charge is 2.21. The lowest BCUT2D eigenvalue weighted by molar-refractivity contribution is 0.102. The van der Waals surface area contributed by atoms with Crippen LogP contribution in [0.15, 0.2) is 71.6 Å². The van der Waals surface area contributed by atoms with Crippen molar-refractivity contribution in [1.82, 2.24) is 0 Å². The van der Waals surface area contributed by atoms with E-state index in [4.69, 9.17) is 27.9 Å². The van der Waals surface area contributed by atoms with Gasteiger partial charge in [0.15, 0.2) is 0 Å². The standard InChI is InChI=1S/C20H16Cl2N2O4S/c1-28-16-5-2-4-13(12-16)20(25)23-14-8-10-15(11-9-14)24-29(26,27)19-17(21)6-3-7-18(19)22/h2-12,24H,1H3,(H,23,25). The van der Waals surface area contributed by atoms with Crippen molar-refractivity contribution in [2.45, 2.75) is 4.90 Å². The Balaban J connectivity index is 1.74. The number of sulfonamides is 1. The first kappa shape index (κ1) is 21.0. The number of hydrogen-bond donors (Lipinski definition) is 2. The third-order valence-corrected chi connectivity index (χ3v) is 6.25. The summed E-state index contributed by atoms with van der Waals surface area (Å²) in [6.45, 7) is 0. The molecular weight excluding hydrogens is 435 g/mol. The zero-order chi connectivity index (χ0) is 21.0. The second-order valence-electron chi connectivity index (χ2n) is 5.92. The fraction of sp³-hybridized carbons (Fsp3) is 0.0500. The minimum absolute atomic E-state index is 0.0205. The predicted octanol–water partition coefficient (Wildman–Crippen LogP) is 5.06. The smallest absolute Gasteiger partial charge is 0.264 e. The lowest BCUT2D eigenvalue weighted by Crippen LogP contribution is -2.14. The van der Waals surface area contributed by atoms with Crippen LogP contribution in [0.3, 0.4) is 0 Å². The summed E-state index contributed by atoms with van der Waals surface area (Å²) in [5, 5.41) is 2.78. The van der Waals surface area contributed by atoms with Gasteiger partial charge in [-0.15, -0.1) is 0 Å². The fourth-order valence-electron chi connectivity index (χ4n) is 2.53. The number of hydrogen-bond acceptors (Lipinski definition) is 4. The Bertz CT molecular complexity index is 1130. The number of ether oxygens (including phenoxy) is 1. The van der Waals surface area contributed by atoms with E-state index in [1.165, 1.54) is 31.4 Å². The van der Waals surface area contributed by atoms with E-state index in [0.29, 0.717) is 22.7 Å². The van der Waals surface area contributed by atoms with Crippen molar-refractivity contribution in [1.29, 1.82) is 0 Å². The summed E-state index contributed by atoms with van der Waals surface area (Å²) >= 11 is 12.0. The Hall–Kier alpha value is -2.74. The molecule has 0 aliphatic carbocycles. The molecule has 1 amide bonds. The summed E-state index contributed by atoms with van der Waals surface area (Å²) in [5.74, 6) is 0.251. The summed E-state index contributed by atoms with van der Waals surface area (Å²) in [7, 11) is -2.46.